The topological polar surface area (TPSA) is 118 Å². The van der Waals surface area contributed by atoms with Crippen LogP contribution in [0.25, 0.3) is 0 Å². The van der Waals surface area contributed by atoms with Crippen LogP contribution in [-0.4, -0.2) is 77.4 Å². The first-order valence-electron chi connectivity index (χ1n) is 16.5. The van der Waals surface area contributed by atoms with E-state index in [-0.39, 0.29) is 42.7 Å². The minimum Gasteiger partial charge on any atom is -0.497 e. The van der Waals surface area contributed by atoms with Gasteiger partial charge in [-0.3, -0.25) is 14.6 Å². The molecule has 3 fully saturated rings. The number of ether oxygens (including phenoxy) is 4. The number of cyclic esters (lactones) is 2. The molecule has 3 aromatic rings. The smallest absolute Gasteiger partial charge is 0.414 e. The molecule has 4 aliphatic rings. The van der Waals surface area contributed by atoms with Crippen LogP contribution < -0.4 is 24.6 Å². The fourth-order valence-electron chi connectivity index (χ4n) is 8.24. The predicted molar refractivity (Wildman–Crippen MR) is 183 cm³/mol. The van der Waals surface area contributed by atoms with Gasteiger partial charge in [-0.2, -0.15) is 0 Å². The van der Waals surface area contributed by atoms with E-state index in [0.717, 1.165) is 28.3 Å². The van der Waals surface area contributed by atoms with E-state index >= 15 is 4.79 Å². The molecule has 4 aliphatic heterocycles. The van der Waals surface area contributed by atoms with Crippen LogP contribution in [0.2, 0.25) is 18.6 Å². The molecule has 0 aromatic heterocycles. The molecule has 7 rings (SSSR count). The van der Waals surface area contributed by atoms with Gasteiger partial charge >= 0.3 is 12.2 Å². The molecule has 0 radical (unpaired) electrons. The van der Waals surface area contributed by atoms with Crippen LogP contribution in [0, 0.1) is 5.92 Å². The molecule has 48 heavy (non-hydrogen) atoms. The van der Waals surface area contributed by atoms with Crippen molar-refractivity contribution in [2.45, 2.75) is 50.2 Å². The average molecular weight is 672 g/mol. The van der Waals surface area contributed by atoms with Crippen molar-refractivity contribution in [3.05, 3.63) is 77.9 Å². The van der Waals surface area contributed by atoms with Crippen LogP contribution in [0.1, 0.15) is 24.5 Å². The van der Waals surface area contributed by atoms with Crippen LogP contribution in [0.3, 0.4) is 0 Å². The summed E-state index contributed by atoms with van der Waals surface area (Å²) in [6.07, 6.45) is -0.765. The fourth-order valence-corrected chi connectivity index (χ4v) is 12.3. The summed E-state index contributed by atoms with van der Waals surface area (Å²) >= 11 is 0. The minimum atomic E-state index is -2.35. The van der Waals surface area contributed by atoms with Crippen LogP contribution >= 0.6 is 0 Å². The zero-order chi connectivity index (χ0) is 33.8. The lowest BCUT2D eigenvalue weighted by Gasteiger charge is -2.37. The quantitative estimate of drug-likeness (QED) is 0.324. The highest BCUT2D eigenvalue weighted by atomic mass is 28.3. The Hall–Kier alpha value is -4.39. The van der Waals surface area contributed by atoms with Crippen molar-refractivity contribution < 1.29 is 38.4 Å². The molecule has 3 saturated heterocycles. The highest BCUT2D eigenvalue weighted by Crippen LogP contribution is 2.60. The van der Waals surface area contributed by atoms with Gasteiger partial charge < -0.3 is 29.0 Å². The third-order valence-corrected chi connectivity index (χ3v) is 15.0. The van der Waals surface area contributed by atoms with Gasteiger partial charge in [-0.1, -0.05) is 49.5 Å². The summed E-state index contributed by atoms with van der Waals surface area (Å²) in [6, 6.07) is 21.4. The van der Waals surface area contributed by atoms with Crippen LogP contribution in [0.15, 0.2) is 66.7 Å². The molecule has 1 N–H and O–H groups in total. The molecular weight excluding hydrogens is 630 g/mol. The van der Waals surface area contributed by atoms with E-state index in [0.29, 0.717) is 38.4 Å². The first-order valence-corrected chi connectivity index (χ1v) is 19.5. The van der Waals surface area contributed by atoms with Crippen molar-refractivity contribution in [3.8, 4) is 5.75 Å². The summed E-state index contributed by atoms with van der Waals surface area (Å²) in [4.78, 5) is 44.7. The third-order valence-electron chi connectivity index (χ3n) is 10.7. The number of fused-ring (bicyclic) bond motifs is 2. The van der Waals surface area contributed by atoms with Gasteiger partial charge in [0.05, 0.1) is 46.6 Å². The molecular formula is C36H41N3O8Si. The number of hydrogen-bond donors (Lipinski definition) is 1. The van der Waals surface area contributed by atoms with Crippen molar-refractivity contribution in [2.75, 3.05) is 54.7 Å². The van der Waals surface area contributed by atoms with Crippen LogP contribution in [0.4, 0.5) is 26.7 Å². The number of aliphatic hydroxyl groups excluding tert-OH is 1. The number of carbonyl (C=O) groups is 3. The third kappa shape index (κ3) is 5.05. The Morgan fingerprint density at radius 2 is 1.52 bits per heavy atom. The van der Waals surface area contributed by atoms with Crippen molar-refractivity contribution in [3.63, 3.8) is 0 Å². The Morgan fingerprint density at radius 1 is 0.896 bits per heavy atom. The van der Waals surface area contributed by atoms with Crippen molar-refractivity contribution in [2.24, 2.45) is 5.92 Å². The molecule has 252 valence electrons. The van der Waals surface area contributed by atoms with E-state index in [1.165, 1.54) is 5.19 Å². The van der Waals surface area contributed by atoms with Gasteiger partial charge in [-0.25, -0.2) is 9.59 Å². The van der Waals surface area contributed by atoms with Gasteiger partial charge in [0, 0.05) is 29.5 Å². The van der Waals surface area contributed by atoms with Crippen LogP contribution in [0.5, 0.6) is 5.75 Å². The molecule has 0 aliphatic carbocycles. The second kappa shape index (κ2) is 12.2. The van der Waals surface area contributed by atoms with Crippen molar-refractivity contribution >= 4 is 48.4 Å². The van der Waals surface area contributed by atoms with Gasteiger partial charge in [0.25, 0.3) is 5.91 Å². The number of nitrogens with zero attached hydrogens (tertiary/aromatic N) is 3. The molecule has 1 spiro atoms. The number of rotatable bonds is 9. The van der Waals surface area contributed by atoms with E-state index in [2.05, 4.69) is 32.2 Å². The lowest BCUT2D eigenvalue weighted by Crippen LogP contribution is -2.51. The fraction of sp³-hybridized carbons (Fsp3) is 0.417. The van der Waals surface area contributed by atoms with E-state index in [9.17, 15) is 14.7 Å². The van der Waals surface area contributed by atoms with E-state index in [4.69, 9.17) is 18.9 Å². The number of amides is 3. The summed E-state index contributed by atoms with van der Waals surface area (Å²) in [7, 11) is -0.703. The lowest BCUT2D eigenvalue weighted by atomic mass is 9.82. The zero-order valence-electron chi connectivity index (χ0n) is 27.7. The highest BCUT2D eigenvalue weighted by molar-refractivity contribution is 6.91. The first kappa shape index (κ1) is 32.2. The summed E-state index contributed by atoms with van der Waals surface area (Å²) in [6.45, 7) is 8.49. The minimum absolute atomic E-state index is 0.0188. The molecule has 3 aromatic carbocycles. The highest BCUT2D eigenvalue weighted by Gasteiger charge is 2.66. The molecule has 11 nitrogen and oxygen atoms in total. The number of anilines is 3. The van der Waals surface area contributed by atoms with Crippen LogP contribution in [-0.2, 0) is 31.2 Å². The van der Waals surface area contributed by atoms with E-state index < -0.39 is 19.8 Å². The molecule has 0 saturated carbocycles. The molecule has 12 heteroatoms. The second-order valence-electron chi connectivity index (χ2n) is 13.5. The Balaban J connectivity index is 1.29. The number of methoxy groups -OCH3 is 1. The van der Waals surface area contributed by atoms with Gasteiger partial charge in [0.1, 0.15) is 19.0 Å². The molecule has 0 bridgehead atoms. The Bertz CT molecular complexity index is 1730. The number of benzene rings is 3. The zero-order valence-corrected chi connectivity index (χ0v) is 28.7. The number of carbonyl (C=O) groups excluding carboxylic acids is 3. The van der Waals surface area contributed by atoms with Crippen molar-refractivity contribution in [1.29, 1.82) is 0 Å². The van der Waals surface area contributed by atoms with Gasteiger partial charge in [0.2, 0.25) is 0 Å². The Morgan fingerprint density at radius 3 is 2.10 bits per heavy atom. The van der Waals surface area contributed by atoms with Gasteiger partial charge in [-0.15, -0.1) is 0 Å². The standard InChI is InChI=1S/C36H41N3O8Si/c1-23-32(48(3,4)28-12-10-27(44-2)11-13-28)31(15-18-40)47-36(23)29-21-26(38-17-20-46-35(38)43)9-14-30(29)39(33(36)41)22-24-5-7-25(8-6-24)37-16-19-45-34(37)42/h5-14,21,23,31-32,40H,15-20,22H2,1-4H3/t23-,31+,32-,36+/m0/s1. The summed E-state index contributed by atoms with van der Waals surface area (Å²) < 4.78 is 22.8. The SMILES string of the molecule is COc1ccc([Si](C)(C)[C@@H]2[C@@H](CCO)O[C@]3(C(=O)N(Cc4ccc(N5CCOC5=O)cc4)c4ccc(N5CCOC5=O)cc43)[C@H]2C)cc1. The van der Waals surface area contributed by atoms with E-state index in [1.54, 1.807) is 21.8 Å². The summed E-state index contributed by atoms with van der Waals surface area (Å²) in [5.74, 6) is 0.362. The largest absolute Gasteiger partial charge is 0.497 e. The first-order chi connectivity index (χ1) is 23.1. The monoisotopic (exact) mass is 671 g/mol. The number of aliphatic hydroxyl groups is 1. The molecule has 4 atom stereocenters. The molecule has 3 amide bonds. The maximum absolute atomic E-state index is 15.0. The summed E-state index contributed by atoms with van der Waals surface area (Å²) in [5.41, 5.74) is 2.38. The number of hydrogen-bond acceptors (Lipinski definition) is 8. The molecule has 4 heterocycles. The van der Waals surface area contributed by atoms with Gasteiger partial charge in [0.15, 0.2) is 5.60 Å². The van der Waals surface area contributed by atoms with Gasteiger partial charge in [-0.05, 0) is 60.0 Å². The maximum atomic E-state index is 15.0. The second-order valence-corrected chi connectivity index (χ2v) is 18.1. The van der Waals surface area contributed by atoms with E-state index in [1.807, 2.05) is 54.6 Å². The summed E-state index contributed by atoms with van der Waals surface area (Å²) in [5, 5.41) is 11.5. The normalized spacial score (nSPS) is 25.2. The average Bonchev–Trinajstić information content (AvgIpc) is 3.84. The predicted octanol–water partition coefficient (Wildman–Crippen LogP) is 4.75. The maximum Gasteiger partial charge on any atom is 0.414 e. The lowest BCUT2D eigenvalue weighted by molar-refractivity contribution is -0.146. The Kier molecular flexibility index (Phi) is 8.21. The molecule has 0 unspecified atom stereocenters. The van der Waals surface area contributed by atoms with Crippen molar-refractivity contribution in [1.82, 2.24) is 0 Å². The Labute approximate surface area is 280 Å².